The average Bonchev–Trinajstić information content (AvgIpc) is 3.27. The van der Waals surface area contributed by atoms with Gasteiger partial charge in [-0.3, -0.25) is 19.1 Å². The lowest BCUT2D eigenvalue weighted by atomic mass is 9.84. The minimum Gasteiger partial charge on any atom is -0.394 e. The number of aliphatic hydroxyl groups is 3. The predicted molar refractivity (Wildman–Crippen MR) is 105 cm³/mol. The summed E-state index contributed by atoms with van der Waals surface area (Å²) in [5.74, 6) is -0.255. The zero-order chi connectivity index (χ0) is 21.5. The molecule has 2 aromatic heterocycles. The quantitative estimate of drug-likeness (QED) is 0.407. The van der Waals surface area contributed by atoms with Crippen LogP contribution in [-0.4, -0.2) is 65.5 Å². The first-order chi connectivity index (χ1) is 14.4. The number of aromatic nitrogens is 4. The van der Waals surface area contributed by atoms with Crippen LogP contribution in [0.2, 0.25) is 0 Å². The van der Waals surface area contributed by atoms with Crippen molar-refractivity contribution in [3.63, 3.8) is 0 Å². The molecule has 30 heavy (non-hydrogen) atoms. The number of anilines is 1. The fourth-order valence-electron chi connectivity index (χ4n) is 4.67. The number of H-pyrrole nitrogens is 1. The number of aliphatic hydroxyl groups excluding tert-OH is 3. The maximum Gasteiger partial charge on any atom is 0.280 e. The molecule has 0 spiro atoms. The maximum absolute atomic E-state index is 13.5. The number of hydrogen-bond donors (Lipinski definition) is 5. The maximum atomic E-state index is 13.5. The van der Waals surface area contributed by atoms with E-state index in [4.69, 9.17) is 10.5 Å². The van der Waals surface area contributed by atoms with Crippen molar-refractivity contribution in [1.29, 1.82) is 0 Å². The second-order valence-corrected chi connectivity index (χ2v) is 8.17. The van der Waals surface area contributed by atoms with Gasteiger partial charge in [0.25, 0.3) is 5.56 Å². The Morgan fingerprint density at radius 1 is 1.33 bits per heavy atom. The molecule has 6 N–H and O–H groups in total. The Kier molecular flexibility index (Phi) is 5.62. The minimum absolute atomic E-state index is 0.0490. The average molecular weight is 421 g/mol. The van der Waals surface area contributed by atoms with Crippen LogP contribution in [0.5, 0.6) is 0 Å². The summed E-state index contributed by atoms with van der Waals surface area (Å²) >= 11 is 0. The lowest BCUT2D eigenvalue weighted by Crippen LogP contribution is -2.51. The van der Waals surface area contributed by atoms with Crippen LogP contribution >= 0.6 is 0 Å². The number of carbonyl (C=O) groups is 1. The highest BCUT2D eigenvalue weighted by Gasteiger charge is 2.60. The van der Waals surface area contributed by atoms with Crippen molar-refractivity contribution < 1.29 is 24.9 Å². The third kappa shape index (κ3) is 3.31. The second kappa shape index (κ2) is 8.06. The Morgan fingerprint density at radius 3 is 2.73 bits per heavy atom. The van der Waals surface area contributed by atoms with Gasteiger partial charge >= 0.3 is 0 Å². The fourth-order valence-corrected chi connectivity index (χ4v) is 4.67. The van der Waals surface area contributed by atoms with Gasteiger partial charge in [0.05, 0.1) is 6.61 Å². The van der Waals surface area contributed by atoms with E-state index in [0.717, 1.165) is 30.3 Å². The van der Waals surface area contributed by atoms with Crippen molar-refractivity contribution >= 4 is 22.9 Å². The van der Waals surface area contributed by atoms with Gasteiger partial charge in [-0.2, -0.15) is 4.98 Å². The van der Waals surface area contributed by atoms with Gasteiger partial charge in [-0.25, -0.2) is 4.98 Å². The van der Waals surface area contributed by atoms with Gasteiger partial charge < -0.3 is 25.8 Å². The normalized spacial score (nSPS) is 30.2. The van der Waals surface area contributed by atoms with Crippen molar-refractivity contribution in [2.75, 3.05) is 12.3 Å². The molecule has 1 saturated carbocycles. The van der Waals surface area contributed by atoms with Gasteiger partial charge in [0.1, 0.15) is 24.6 Å². The number of ether oxygens (including phenoxy) is 1. The Labute approximate surface area is 171 Å². The molecule has 4 atom stereocenters. The molecule has 0 amide bonds. The van der Waals surface area contributed by atoms with E-state index in [1.54, 1.807) is 0 Å². The number of imidazole rings is 1. The number of rotatable bonds is 6. The number of carbonyl (C=O) groups excluding carboxylic acids is 1. The minimum atomic E-state index is -2.07. The zero-order valence-electron chi connectivity index (χ0n) is 16.5. The largest absolute Gasteiger partial charge is 0.394 e. The molecule has 2 fully saturated rings. The number of aromatic amines is 1. The SMILES string of the molecule is Nc1nc2c(ncn2[C@]2(C(=O)CCC3CCCCC3)O[C@H](CO)[C@@H](O)[C@H]2O)c(=O)[nH]1. The molecule has 1 aliphatic heterocycles. The summed E-state index contributed by atoms with van der Waals surface area (Å²) < 4.78 is 6.94. The molecule has 4 rings (SSSR count). The van der Waals surface area contributed by atoms with Gasteiger partial charge in [-0.1, -0.05) is 32.1 Å². The molecular formula is C19H27N5O6. The van der Waals surface area contributed by atoms with Gasteiger partial charge in [0.15, 0.2) is 16.9 Å². The highest BCUT2D eigenvalue weighted by atomic mass is 16.6. The van der Waals surface area contributed by atoms with Crippen LogP contribution in [0.15, 0.2) is 11.1 Å². The molecule has 0 aromatic carbocycles. The van der Waals surface area contributed by atoms with Crippen molar-refractivity contribution in [3.05, 3.63) is 16.7 Å². The summed E-state index contributed by atoms with van der Waals surface area (Å²) in [4.78, 5) is 36.0. The summed E-state index contributed by atoms with van der Waals surface area (Å²) in [6.07, 6.45) is 3.07. The molecule has 0 unspecified atom stereocenters. The number of nitrogen functional groups attached to an aromatic ring is 1. The highest BCUT2D eigenvalue weighted by molar-refractivity contribution is 5.88. The summed E-state index contributed by atoms with van der Waals surface area (Å²) in [7, 11) is 0. The summed E-state index contributed by atoms with van der Waals surface area (Å²) in [6.45, 7) is -0.599. The standard InChI is InChI=1S/C19H27N5O6/c20-18-22-16-13(17(29)23-18)21-9-24(16)19(15(28)14(27)11(8-25)30-19)12(26)7-6-10-4-2-1-3-5-10/h9-11,14-15,25,27-28H,1-8H2,(H3,20,22,23,29)/t11-,14-,15-,19-/m1/s1. The lowest BCUT2D eigenvalue weighted by molar-refractivity contribution is -0.174. The Hall–Kier alpha value is -2.34. The fraction of sp³-hybridized carbons (Fsp3) is 0.684. The number of ketones is 1. The molecule has 0 radical (unpaired) electrons. The molecule has 2 aliphatic rings. The Bertz CT molecular complexity index is 983. The topological polar surface area (TPSA) is 177 Å². The van der Waals surface area contributed by atoms with Gasteiger partial charge in [0, 0.05) is 6.42 Å². The van der Waals surface area contributed by atoms with Crippen molar-refractivity contribution in [2.24, 2.45) is 5.92 Å². The Morgan fingerprint density at radius 2 is 2.07 bits per heavy atom. The van der Waals surface area contributed by atoms with E-state index in [9.17, 15) is 24.9 Å². The molecule has 3 heterocycles. The molecule has 11 heteroatoms. The molecule has 164 valence electrons. The van der Waals surface area contributed by atoms with Crippen LogP contribution in [0.3, 0.4) is 0 Å². The number of nitrogens with zero attached hydrogens (tertiary/aromatic N) is 3. The summed E-state index contributed by atoms with van der Waals surface area (Å²) in [5, 5.41) is 30.9. The van der Waals surface area contributed by atoms with E-state index < -0.39 is 42.0 Å². The van der Waals surface area contributed by atoms with E-state index in [1.165, 1.54) is 12.7 Å². The zero-order valence-corrected chi connectivity index (χ0v) is 16.5. The molecule has 0 bridgehead atoms. The van der Waals surface area contributed by atoms with Crippen LogP contribution in [0.1, 0.15) is 44.9 Å². The number of nitrogens with two attached hydrogens (primary N) is 1. The molecule has 2 aromatic rings. The van der Waals surface area contributed by atoms with Crippen LogP contribution in [0, 0.1) is 5.92 Å². The van der Waals surface area contributed by atoms with E-state index in [-0.39, 0.29) is 23.5 Å². The van der Waals surface area contributed by atoms with E-state index in [2.05, 4.69) is 15.0 Å². The number of nitrogens with one attached hydrogen (secondary N) is 1. The predicted octanol–water partition coefficient (Wildman–Crippen LogP) is -0.603. The van der Waals surface area contributed by atoms with E-state index >= 15 is 0 Å². The van der Waals surface area contributed by atoms with Crippen molar-refractivity contribution in [1.82, 2.24) is 19.5 Å². The Balaban J connectivity index is 1.75. The second-order valence-electron chi connectivity index (χ2n) is 8.17. The molecule has 1 saturated heterocycles. The van der Waals surface area contributed by atoms with Crippen LogP contribution in [-0.2, 0) is 15.3 Å². The highest BCUT2D eigenvalue weighted by Crippen LogP contribution is 2.40. The smallest absolute Gasteiger partial charge is 0.280 e. The van der Waals surface area contributed by atoms with Crippen LogP contribution in [0.4, 0.5) is 5.95 Å². The van der Waals surface area contributed by atoms with Gasteiger partial charge in [-0.05, 0) is 12.3 Å². The number of Topliss-reactive ketones (excluding diaryl/α,β-unsaturated/α-hetero) is 1. The summed E-state index contributed by atoms with van der Waals surface area (Å²) in [6, 6.07) is 0. The monoisotopic (exact) mass is 421 g/mol. The number of hydrogen-bond acceptors (Lipinski definition) is 9. The first-order valence-electron chi connectivity index (χ1n) is 10.3. The third-order valence-corrected chi connectivity index (χ3v) is 6.30. The van der Waals surface area contributed by atoms with Crippen molar-refractivity contribution in [3.8, 4) is 0 Å². The first-order valence-corrected chi connectivity index (χ1v) is 10.3. The van der Waals surface area contributed by atoms with Gasteiger partial charge in [0.2, 0.25) is 11.7 Å². The lowest BCUT2D eigenvalue weighted by Gasteiger charge is -2.33. The molecule has 11 nitrogen and oxygen atoms in total. The molecular weight excluding hydrogens is 394 g/mol. The van der Waals surface area contributed by atoms with E-state index in [0.29, 0.717) is 12.3 Å². The van der Waals surface area contributed by atoms with E-state index in [1.807, 2.05) is 0 Å². The molecule has 1 aliphatic carbocycles. The summed E-state index contributed by atoms with van der Waals surface area (Å²) in [5.41, 5.74) is 2.86. The van der Waals surface area contributed by atoms with Crippen LogP contribution < -0.4 is 11.3 Å². The van der Waals surface area contributed by atoms with Crippen molar-refractivity contribution in [2.45, 2.75) is 69.0 Å². The first kappa shape index (κ1) is 20.9. The third-order valence-electron chi connectivity index (χ3n) is 6.30. The van der Waals surface area contributed by atoms with Crippen LogP contribution in [0.25, 0.3) is 11.2 Å². The van der Waals surface area contributed by atoms with Gasteiger partial charge in [-0.15, -0.1) is 0 Å². The number of fused-ring (bicyclic) bond motifs is 1.